The minimum atomic E-state index is -4.56. The van der Waals surface area contributed by atoms with Crippen LogP contribution in [0.15, 0.2) is 17.0 Å². The average Bonchev–Trinajstić information content (AvgIpc) is 2.15. The molecule has 15 heavy (non-hydrogen) atoms. The molecule has 1 aromatic rings. The molecule has 0 fully saturated rings. The fraction of sp³-hybridized carbons (Fsp3) is 0.333. The highest BCUT2D eigenvalue weighted by Crippen LogP contribution is 2.37. The van der Waals surface area contributed by atoms with E-state index in [1.54, 1.807) is 6.26 Å². The number of halogens is 4. The zero-order chi connectivity index (χ0) is 11.6. The van der Waals surface area contributed by atoms with Crippen LogP contribution < -0.4 is 4.74 Å². The lowest BCUT2D eigenvalue weighted by molar-refractivity contribution is -0.137. The summed E-state index contributed by atoms with van der Waals surface area (Å²) in [6.07, 6.45) is -3.00. The molecule has 0 radical (unpaired) electrons. The Morgan fingerprint density at radius 1 is 1.27 bits per heavy atom. The lowest BCUT2D eigenvalue weighted by Gasteiger charge is -2.12. The van der Waals surface area contributed by atoms with Gasteiger partial charge in [0.25, 0.3) is 0 Å². The normalized spacial score (nSPS) is 11.6. The molecule has 0 unspecified atom stereocenters. The van der Waals surface area contributed by atoms with Crippen molar-refractivity contribution >= 4 is 11.8 Å². The Morgan fingerprint density at radius 2 is 1.87 bits per heavy atom. The van der Waals surface area contributed by atoms with Gasteiger partial charge in [-0.15, -0.1) is 11.8 Å². The van der Waals surface area contributed by atoms with Gasteiger partial charge in [0.1, 0.15) is 11.6 Å². The van der Waals surface area contributed by atoms with E-state index in [2.05, 4.69) is 0 Å². The van der Waals surface area contributed by atoms with Gasteiger partial charge in [0.15, 0.2) is 0 Å². The van der Waals surface area contributed by atoms with Gasteiger partial charge < -0.3 is 4.74 Å². The first-order valence-electron chi connectivity index (χ1n) is 3.89. The number of hydrogen-bond donors (Lipinski definition) is 0. The Bertz CT molecular complexity index is 362. The van der Waals surface area contributed by atoms with Crippen LogP contribution in [-0.4, -0.2) is 13.4 Å². The summed E-state index contributed by atoms with van der Waals surface area (Å²) in [6, 6.07) is 1.25. The Balaban J connectivity index is 3.32. The summed E-state index contributed by atoms with van der Waals surface area (Å²) in [6.45, 7) is 0. The Hall–Kier alpha value is -0.910. The molecular weight excluding hydrogens is 232 g/mol. The molecule has 1 rings (SSSR count). The van der Waals surface area contributed by atoms with Crippen LogP contribution in [0.25, 0.3) is 0 Å². The van der Waals surface area contributed by atoms with Crippen LogP contribution in [0.2, 0.25) is 0 Å². The van der Waals surface area contributed by atoms with Crippen LogP contribution >= 0.6 is 11.8 Å². The van der Waals surface area contributed by atoms with Crippen LogP contribution in [0, 0.1) is 5.82 Å². The van der Waals surface area contributed by atoms with E-state index in [9.17, 15) is 17.6 Å². The fourth-order valence-corrected chi connectivity index (χ4v) is 1.68. The predicted molar refractivity (Wildman–Crippen MR) is 49.7 cm³/mol. The van der Waals surface area contributed by atoms with Crippen molar-refractivity contribution in [3.05, 3.63) is 23.5 Å². The number of methoxy groups -OCH3 is 1. The first-order valence-corrected chi connectivity index (χ1v) is 5.11. The number of alkyl halides is 3. The molecule has 0 N–H and O–H groups in total. The van der Waals surface area contributed by atoms with E-state index in [0.29, 0.717) is 6.07 Å². The van der Waals surface area contributed by atoms with Crippen molar-refractivity contribution in [3.8, 4) is 5.75 Å². The quantitative estimate of drug-likeness (QED) is 0.577. The van der Waals surface area contributed by atoms with Gasteiger partial charge in [-0.3, -0.25) is 0 Å². The van der Waals surface area contributed by atoms with Crippen molar-refractivity contribution in [2.75, 3.05) is 13.4 Å². The lowest BCUT2D eigenvalue weighted by atomic mass is 10.2. The van der Waals surface area contributed by atoms with Gasteiger partial charge >= 0.3 is 6.18 Å². The summed E-state index contributed by atoms with van der Waals surface area (Å²) in [7, 11) is 1.20. The number of ether oxygens (including phenoxy) is 1. The summed E-state index contributed by atoms with van der Waals surface area (Å²) in [5.41, 5.74) is -1.05. The van der Waals surface area contributed by atoms with E-state index in [-0.39, 0.29) is 10.6 Å². The van der Waals surface area contributed by atoms with Crippen molar-refractivity contribution in [2.24, 2.45) is 0 Å². The molecule has 0 bridgehead atoms. The standard InChI is InChI=1S/C9H8F4OS/c1-14-7-4-5(9(11,12)13)3-6(10)8(7)15-2/h3-4H,1-2H3. The Morgan fingerprint density at radius 3 is 2.27 bits per heavy atom. The van der Waals surface area contributed by atoms with E-state index in [1.165, 1.54) is 7.11 Å². The van der Waals surface area contributed by atoms with Crippen molar-refractivity contribution in [1.82, 2.24) is 0 Å². The van der Waals surface area contributed by atoms with Crippen LogP contribution in [0.5, 0.6) is 5.75 Å². The highest BCUT2D eigenvalue weighted by molar-refractivity contribution is 7.98. The van der Waals surface area contributed by atoms with Crippen LogP contribution in [0.1, 0.15) is 5.56 Å². The smallest absolute Gasteiger partial charge is 0.416 e. The summed E-state index contributed by atoms with van der Waals surface area (Å²) < 4.78 is 54.8. The third-order valence-electron chi connectivity index (χ3n) is 1.76. The molecule has 0 aliphatic heterocycles. The Kier molecular flexibility index (Phi) is 3.49. The summed E-state index contributed by atoms with van der Waals surface area (Å²) in [5, 5.41) is 0. The molecule has 0 saturated carbocycles. The molecule has 1 aromatic carbocycles. The van der Waals surface area contributed by atoms with Crippen molar-refractivity contribution in [1.29, 1.82) is 0 Å². The number of thioether (sulfide) groups is 1. The molecule has 0 aliphatic carbocycles. The molecule has 0 saturated heterocycles. The van der Waals surface area contributed by atoms with Gasteiger partial charge in [0.2, 0.25) is 0 Å². The van der Waals surface area contributed by atoms with Gasteiger partial charge in [-0.05, 0) is 18.4 Å². The third kappa shape index (κ3) is 2.56. The van der Waals surface area contributed by atoms with Crippen molar-refractivity contribution in [2.45, 2.75) is 11.1 Å². The van der Waals surface area contributed by atoms with Gasteiger partial charge in [0, 0.05) is 0 Å². The molecule has 84 valence electrons. The zero-order valence-electron chi connectivity index (χ0n) is 7.98. The minimum Gasteiger partial charge on any atom is -0.495 e. The molecule has 0 aliphatic rings. The second-order valence-corrected chi connectivity index (χ2v) is 3.51. The molecule has 6 heteroatoms. The van der Waals surface area contributed by atoms with Crippen molar-refractivity contribution < 1.29 is 22.3 Å². The molecule has 0 aromatic heterocycles. The first kappa shape index (κ1) is 12.2. The van der Waals surface area contributed by atoms with Gasteiger partial charge in [-0.1, -0.05) is 0 Å². The monoisotopic (exact) mass is 240 g/mol. The average molecular weight is 240 g/mol. The predicted octanol–water partition coefficient (Wildman–Crippen LogP) is 3.58. The maximum absolute atomic E-state index is 13.2. The summed E-state index contributed by atoms with van der Waals surface area (Å²) in [5.74, 6) is -1.02. The highest BCUT2D eigenvalue weighted by Gasteiger charge is 2.32. The summed E-state index contributed by atoms with van der Waals surface area (Å²) >= 11 is 0.999. The van der Waals surface area contributed by atoms with Crippen LogP contribution in [-0.2, 0) is 6.18 Å². The molecule has 0 spiro atoms. The van der Waals surface area contributed by atoms with E-state index >= 15 is 0 Å². The zero-order valence-corrected chi connectivity index (χ0v) is 8.80. The maximum atomic E-state index is 13.2. The second kappa shape index (κ2) is 4.30. The first-order chi connectivity index (χ1) is 6.90. The van der Waals surface area contributed by atoms with Gasteiger partial charge in [-0.25, -0.2) is 4.39 Å². The lowest BCUT2D eigenvalue weighted by Crippen LogP contribution is -2.06. The largest absolute Gasteiger partial charge is 0.495 e. The number of hydrogen-bond acceptors (Lipinski definition) is 2. The SMILES string of the molecule is COc1cc(C(F)(F)F)cc(F)c1SC. The topological polar surface area (TPSA) is 9.23 Å². The van der Waals surface area contributed by atoms with Crippen LogP contribution in [0.3, 0.4) is 0 Å². The molecular formula is C9H8F4OS. The van der Waals surface area contributed by atoms with E-state index in [1.807, 2.05) is 0 Å². The molecule has 0 heterocycles. The van der Waals surface area contributed by atoms with E-state index in [0.717, 1.165) is 17.8 Å². The maximum Gasteiger partial charge on any atom is 0.416 e. The highest BCUT2D eigenvalue weighted by atomic mass is 32.2. The minimum absolute atomic E-state index is 0.0745. The molecule has 1 nitrogen and oxygen atoms in total. The van der Waals surface area contributed by atoms with E-state index < -0.39 is 17.6 Å². The van der Waals surface area contributed by atoms with Crippen LogP contribution in [0.4, 0.5) is 17.6 Å². The van der Waals surface area contributed by atoms with E-state index in [4.69, 9.17) is 4.74 Å². The van der Waals surface area contributed by atoms with Gasteiger partial charge in [-0.2, -0.15) is 13.2 Å². The van der Waals surface area contributed by atoms with Crippen molar-refractivity contribution in [3.63, 3.8) is 0 Å². The third-order valence-corrected chi connectivity index (χ3v) is 2.57. The molecule has 0 amide bonds. The Labute approximate surface area is 88.4 Å². The fourth-order valence-electron chi connectivity index (χ4n) is 1.08. The second-order valence-electron chi connectivity index (χ2n) is 2.69. The number of rotatable bonds is 2. The molecule has 0 atom stereocenters. The summed E-state index contributed by atoms with van der Waals surface area (Å²) in [4.78, 5) is 0.0745. The van der Waals surface area contributed by atoms with Gasteiger partial charge in [0.05, 0.1) is 17.6 Å². The number of benzene rings is 1.